The number of fused-ring (bicyclic) bond motifs is 1. The lowest BCUT2D eigenvalue weighted by atomic mass is 9.81. The van der Waals surface area contributed by atoms with Crippen molar-refractivity contribution in [3.05, 3.63) is 35.4 Å². The van der Waals surface area contributed by atoms with Gasteiger partial charge in [0.2, 0.25) is 11.8 Å². The highest BCUT2D eigenvalue weighted by Gasteiger charge is 2.48. The van der Waals surface area contributed by atoms with E-state index in [0.717, 1.165) is 23.3 Å². The summed E-state index contributed by atoms with van der Waals surface area (Å²) in [6.07, 6.45) is 3.94. The molecule has 1 N–H and O–H groups in total. The second-order valence-corrected chi connectivity index (χ2v) is 8.42. The number of benzene rings is 1. The molecule has 162 valence electrons. The minimum Gasteiger partial charge on any atom is -0.454 e. The number of carbonyl (C=O) groups excluding carboxylic acids is 4. The van der Waals surface area contributed by atoms with Crippen LogP contribution < -0.4 is 5.32 Å². The minimum atomic E-state index is -0.741. The third-order valence-electron chi connectivity index (χ3n) is 5.97. The van der Waals surface area contributed by atoms with Gasteiger partial charge in [0.15, 0.2) is 6.61 Å². The van der Waals surface area contributed by atoms with Crippen LogP contribution in [0.25, 0.3) is 0 Å². The molecule has 3 rings (SSSR count). The van der Waals surface area contributed by atoms with Crippen LogP contribution in [0.5, 0.6) is 0 Å². The summed E-state index contributed by atoms with van der Waals surface area (Å²) in [7, 11) is 0. The fraction of sp³-hybridized carbons (Fsp3) is 0.565. The van der Waals surface area contributed by atoms with Gasteiger partial charge < -0.3 is 10.1 Å². The first kappa shape index (κ1) is 22.0. The Labute approximate surface area is 177 Å². The second kappa shape index (κ2) is 9.87. The predicted octanol–water partition coefficient (Wildman–Crippen LogP) is 2.19. The molecule has 1 aliphatic heterocycles. The SMILES string of the molecule is CC(C)c1ccc(CCNC(=O)COC(=O)CN2C(=O)[C@@H]3CCCC[C@H]3C2=O)cc1. The number of hydrogen-bond donors (Lipinski definition) is 1. The summed E-state index contributed by atoms with van der Waals surface area (Å²) >= 11 is 0. The molecule has 0 unspecified atom stereocenters. The Morgan fingerprint density at radius 3 is 2.23 bits per heavy atom. The summed E-state index contributed by atoms with van der Waals surface area (Å²) < 4.78 is 4.96. The average Bonchev–Trinajstić information content (AvgIpc) is 2.98. The molecule has 0 aromatic heterocycles. The molecule has 7 nitrogen and oxygen atoms in total. The molecule has 1 aromatic rings. The average molecular weight is 415 g/mol. The van der Waals surface area contributed by atoms with Crippen LogP contribution in [0.2, 0.25) is 0 Å². The Bertz CT molecular complexity index is 778. The molecule has 2 atom stereocenters. The van der Waals surface area contributed by atoms with Gasteiger partial charge in [0.1, 0.15) is 6.54 Å². The Morgan fingerprint density at radius 2 is 1.67 bits per heavy atom. The molecular formula is C23H30N2O5. The summed E-state index contributed by atoms with van der Waals surface area (Å²) in [5.41, 5.74) is 2.38. The van der Waals surface area contributed by atoms with Gasteiger partial charge in [0.25, 0.3) is 5.91 Å². The van der Waals surface area contributed by atoms with Gasteiger partial charge >= 0.3 is 5.97 Å². The maximum absolute atomic E-state index is 12.4. The Balaban J connectivity index is 1.37. The number of nitrogens with one attached hydrogen (secondary N) is 1. The number of hydrogen-bond acceptors (Lipinski definition) is 5. The zero-order chi connectivity index (χ0) is 21.7. The highest BCUT2D eigenvalue weighted by molar-refractivity contribution is 6.07. The number of amides is 3. The van der Waals surface area contributed by atoms with Crippen LogP contribution in [0.1, 0.15) is 56.6 Å². The van der Waals surface area contributed by atoms with Gasteiger partial charge in [-0.15, -0.1) is 0 Å². The zero-order valence-electron chi connectivity index (χ0n) is 17.7. The Kier molecular flexibility index (Phi) is 7.24. The first-order valence-electron chi connectivity index (χ1n) is 10.7. The third kappa shape index (κ3) is 5.26. The highest BCUT2D eigenvalue weighted by atomic mass is 16.5. The smallest absolute Gasteiger partial charge is 0.326 e. The van der Waals surface area contributed by atoms with Crippen LogP contribution in [0.15, 0.2) is 24.3 Å². The molecule has 0 radical (unpaired) electrons. The van der Waals surface area contributed by atoms with Gasteiger partial charge in [-0.1, -0.05) is 51.0 Å². The maximum atomic E-state index is 12.4. The molecule has 7 heteroatoms. The van der Waals surface area contributed by atoms with E-state index >= 15 is 0 Å². The van der Waals surface area contributed by atoms with Crippen molar-refractivity contribution in [1.82, 2.24) is 10.2 Å². The molecule has 30 heavy (non-hydrogen) atoms. The molecule has 1 aliphatic carbocycles. The molecule has 0 spiro atoms. The normalized spacial score (nSPS) is 21.0. The molecular weight excluding hydrogens is 384 g/mol. The van der Waals surface area contributed by atoms with Crippen molar-refractivity contribution in [2.45, 2.75) is 51.9 Å². The van der Waals surface area contributed by atoms with Crippen LogP contribution in [-0.2, 0) is 30.3 Å². The number of likely N-dealkylation sites (tertiary alicyclic amines) is 1. The fourth-order valence-electron chi connectivity index (χ4n) is 4.17. The van der Waals surface area contributed by atoms with Crippen LogP contribution in [0.4, 0.5) is 0 Å². The summed E-state index contributed by atoms with van der Waals surface area (Å²) in [6, 6.07) is 8.26. The predicted molar refractivity (Wildman–Crippen MR) is 110 cm³/mol. The quantitative estimate of drug-likeness (QED) is 0.520. The summed E-state index contributed by atoms with van der Waals surface area (Å²) in [6.45, 7) is 3.87. The van der Waals surface area contributed by atoms with E-state index in [4.69, 9.17) is 4.74 Å². The fourth-order valence-corrected chi connectivity index (χ4v) is 4.17. The van der Waals surface area contributed by atoms with E-state index in [0.29, 0.717) is 31.7 Å². The van der Waals surface area contributed by atoms with E-state index in [9.17, 15) is 19.2 Å². The van der Waals surface area contributed by atoms with Crippen LogP contribution in [-0.4, -0.2) is 48.3 Å². The van der Waals surface area contributed by atoms with Gasteiger partial charge in [-0.3, -0.25) is 24.1 Å². The first-order valence-corrected chi connectivity index (χ1v) is 10.7. The standard InChI is InChI=1S/C23H30N2O5/c1-15(2)17-9-7-16(8-10-17)11-12-24-20(26)14-30-21(27)13-25-22(28)18-5-3-4-6-19(18)23(25)29/h7-10,15,18-19H,3-6,11-14H2,1-2H3,(H,24,26)/t18-,19-/m1/s1. The van der Waals surface area contributed by atoms with Gasteiger partial charge in [-0.05, 0) is 36.3 Å². The van der Waals surface area contributed by atoms with Crippen molar-refractivity contribution < 1.29 is 23.9 Å². The van der Waals surface area contributed by atoms with Crippen molar-refractivity contribution in [3.8, 4) is 0 Å². The van der Waals surface area contributed by atoms with Gasteiger partial charge in [0.05, 0.1) is 11.8 Å². The number of esters is 1. The summed E-state index contributed by atoms with van der Waals surface area (Å²) in [5.74, 6) is -1.83. The van der Waals surface area contributed by atoms with E-state index in [2.05, 4.69) is 31.3 Å². The van der Waals surface area contributed by atoms with E-state index < -0.39 is 25.0 Å². The molecule has 0 bridgehead atoms. The lowest BCUT2D eigenvalue weighted by Gasteiger charge is -2.19. The van der Waals surface area contributed by atoms with E-state index in [1.54, 1.807) is 0 Å². The summed E-state index contributed by atoms with van der Waals surface area (Å²) in [4.78, 5) is 49.7. The molecule has 1 saturated heterocycles. The monoisotopic (exact) mass is 414 g/mol. The zero-order valence-corrected chi connectivity index (χ0v) is 17.7. The molecule has 1 saturated carbocycles. The lowest BCUT2D eigenvalue weighted by molar-refractivity contribution is -0.154. The Hall–Kier alpha value is -2.70. The van der Waals surface area contributed by atoms with Crippen LogP contribution in [0, 0.1) is 11.8 Å². The van der Waals surface area contributed by atoms with Gasteiger partial charge in [-0.2, -0.15) is 0 Å². The van der Waals surface area contributed by atoms with Gasteiger partial charge in [-0.25, -0.2) is 0 Å². The van der Waals surface area contributed by atoms with Gasteiger partial charge in [0, 0.05) is 6.54 Å². The van der Waals surface area contributed by atoms with E-state index in [-0.39, 0.29) is 23.7 Å². The molecule has 3 amide bonds. The third-order valence-corrected chi connectivity index (χ3v) is 5.97. The van der Waals surface area contributed by atoms with Crippen molar-refractivity contribution >= 4 is 23.7 Å². The molecule has 1 heterocycles. The number of imide groups is 1. The maximum Gasteiger partial charge on any atom is 0.326 e. The number of ether oxygens (including phenoxy) is 1. The largest absolute Gasteiger partial charge is 0.454 e. The molecule has 2 fully saturated rings. The van der Waals surface area contributed by atoms with E-state index in [1.807, 2.05) is 12.1 Å². The number of carbonyl (C=O) groups is 4. The molecule has 1 aromatic carbocycles. The van der Waals surface area contributed by atoms with Crippen LogP contribution >= 0.6 is 0 Å². The van der Waals surface area contributed by atoms with Crippen molar-refractivity contribution in [2.75, 3.05) is 19.7 Å². The molecule has 2 aliphatic rings. The minimum absolute atomic E-state index is 0.283. The topological polar surface area (TPSA) is 92.8 Å². The van der Waals surface area contributed by atoms with E-state index in [1.165, 1.54) is 5.56 Å². The first-order chi connectivity index (χ1) is 14.4. The van der Waals surface area contributed by atoms with Crippen LogP contribution in [0.3, 0.4) is 0 Å². The van der Waals surface area contributed by atoms with Crippen molar-refractivity contribution in [1.29, 1.82) is 0 Å². The highest BCUT2D eigenvalue weighted by Crippen LogP contribution is 2.37. The second-order valence-electron chi connectivity index (χ2n) is 8.42. The number of rotatable bonds is 8. The Morgan fingerprint density at radius 1 is 1.07 bits per heavy atom. The van der Waals surface area contributed by atoms with Crippen molar-refractivity contribution in [3.63, 3.8) is 0 Å². The number of nitrogens with zero attached hydrogens (tertiary/aromatic N) is 1. The summed E-state index contributed by atoms with van der Waals surface area (Å²) in [5, 5.41) is 2.71. The van der Waals surface area contributed by atoms with Crippen molar-refractivity contribution in [2.24, 2.45) is 11.8 Å². The lowest BCUT2D eigenvalue weighted by Crippen LogP contribution is -2.38.